The molecule has 0 aliphatic heterocycles. The van der Waals surface area contributed by atoms with E-state index in [-0.39, 0.29) is 5.56 Å². The molecule has 0 N–H and O–H groups in total. The summed E-state index contributed by atoms with van der Waals surface area (Å²) in [5.74, 6) is -0.416. The van der Waals surface area contributed by atoms with Gasteiger partial charge in [0, 0.05) is 16.1 Å². The average molecular weight is 315 g/mol. The van der Waals surface area contributed by atoms with Crippen LogP contribution in [0, 0.1) is 12.7 Å². The summed E-state index contributed by atoms with van der Waals surface area (Å²) in [4.78, 5) is 12.3. The van der Waals surface area contributed by atoms with E-state index in [9.17, 15) is 9.18 Å². The van der Waals surface area contributed by atoms with E-state index in [4.69, 9.17) is 11.6 Å². The molecule has 0 aliphatic carbocycles. The van der Waals surface area contributed by atoms with Crippen LogP contribution in [0.5, 0.6) is 0 Å². The van der Waals surface area contributed by atoms with Crippen LogP contribution < -0.4 is 5.56 Å². The molecule has 3 rings (SSSR count). The molecule has 3 aromatic rings. The van der Waals surface area contributed by atoms with Crippen molar-refractivity contribution in [3.63, 3.8) is 0 Å². The summed E-state index contributed by atoms with van der Waals surface area (Å²) in [6.45, 7) is 1.71. The third-order valence-corrected chi connectivity index (χ3v) is 3.54. The summed E-state index contributed by atoms with van der Waals surface area (Å²) in [5, 5.41) is 4.96. The monoisotopic (exact) mass is 314 g/mol. The Balaban J connectivity index is 2.19. The first-order chi connectivity index (χ1) is 10.5. The topological polar surface area (TPSA) is 34.9 Å². The van der Waals surface area contributed by atoms with Crippen molar-refractivity contribution in [3.05, 3.63) is 81.4 Å². The summed E-state index contributed by atoms with van der Waals surface area (Å²) in [5.41, 5.74) is 2.10. The van der Waals surface area contributed by atoms with Crippen LogP contribution in [0.25, 0.3) is 16.9 Å². The lowest BCUT2D eigenvalue weighted by Crippen LogP contribution is -2.23. The fourth-order valence-electron chi connectivity index (χ4n) is 2.16. The second-order valence-electron chi connectivity index (χ2n) is 4.92. The molecule has 0 atom stereocenters. The van der Waals surface area contributed by atoms with Crippen LogP contribution in [0.2, 0.25) is 5.02 Å². The van der Waals surface area contributed by atoms with E-state index < -0.39 is 5.82 Å². The summed E-state index contributed by atoms with van der Waals surface area (Å²) < 4.78 is 14.6. The lowest BCUT2D eigenvalue weighted by atomic mass is 10.1. The maximum atomic E-state index is 13.4. The van der Waals surface area contributed by atoms with Gasteiger partial charge >= 0.3 is 0 Å². The summed E-state index contributed by atoms with van der Waals surface area (Å²) in [6.07, 6.45) is 0. The molecule has 1 aromatic heterocycles. The van der Waals surface area contributed by atoms with Gasteiger partial charge in [-0.2, -0.15) is 9.78 Å². The predicted molar refractivity (Wildman–Crippen MR) is 85.0 cm³/mol. The smallest absolute Gasteiger partial charge is 0.267 e. The van der Waals surface area contributed by atoms with Gasteiger partial charge in [-0.1, -0.05) is 29.8 Å². The van der Waals surface area contributed by atoms with Crippen LogP contribution in [0.1, 0.15) is 5.56 Å². The van der Waals surface area contributed by atoms with Gasteiger partial charge < -0.3 is 0 Å². The molecule has 0 radical (unpaired) electrons. The first-order valence-corrected chi connectivity index (χ1v) is 7.05. The van der Waals surface area contributed by atoms with Gasteiger partial charge in [0.2, 0.25) is 0 Å². The molecular formula is C17H12ClFN2O. The Bertz CT molecular complexity index is 888. The fourth-order valence-corrected chi connectivity index (χ4v) is 2.29. The highest BCUT2D eigenvalue weighted by Gasteiger charge is 2.09. The van der Waals surface area contributed by atoms with E-state index in [1.807, 2.05) is 12.1 Å². The molecule has 5 heteroatoms. The van der Waals surface area contributed by atoms with Gasteiger partial charge in [-0.25, -0.2) is 4.39 Å². The molecule has 110 valence electrons. The third kappa shape index (κ3) is 2.78. The number of nitrogens with zero attached hydrogens (tertiary/aromatic N) is 2. The minimum absolute atomic E-state index is 0.275. The van der Waals surface area contributed by atoms with Crippen molar-refractivity contribution in [2.45, 2.75) is 6.92 Å². The zero-order chi connectivity index (χ0) is 15.7. The lowest BCUT2D eigenvalue weighted by molar-refractivity contribution is 0.624. The van der Waals surface area contributed by atoms with Crippen LogP contribution in [-0.2, 0) is 0 Å². The number of aromatic nitrogens is 2. The number of aryl methyl sites for hydroxylation is 1. The zero-order valence-corrected chi connectivity index (χ0v) is 12.5. The SMILES string of the molecule is Cc1cc(-c2ccc(Cl)cc2)nn(-c2cccc(F)c2)c1=O. The van der Waals surface area contributed by atoms with E-state index in [0.29, 0.717) is 22.0 Å². The van der Waals surface area contributed by atoms with Gasteiger partial charge in [0.05, 0.1) is 11.4 Å². The first-order valence-electron chi connectivity index (χ1n) is 6.67. The van der Waals surface area contributed by atoms with Gasteiger partial charge in [-0.15, -0.1) is 0 Å². The molecule has 22 heavy (non-hydrogen) atoms. The number of hydrogen-bond acceptors (Lipinski definition) is 2. The van der Waals surface area contributed by atoms with Gasteiger partial charge in [-0.3, -0.25) is 4.79 Å². The average Bonchev–Trinajstić information content (AvgIpc) is 2.50. The first kappa shape index (κ1) is 14.5. The largest absolute Gasteiger partial charge is 0.274 e. The van der Waals surface area contributed by atoms with Crippen molar-refractivity contribution >= 4 is 11.6 Å². The standard InChI is InChI=1S/C17H12ClFN2O/c1-11-9-16(12-5-7-13(18)8-6-12)20-21(17(11)22)15-4-2-3-14(19)10-15/h2-10H,1H3. The molecule has 2 aromatic carbocycles. The van der Waals surface area contributed by atoms with Crippen molar-refractivity contribution in [2.75, 3.05) is 0 Å². The maximum absolute atomic E-state index is 13.4. The Morgan fingerprint density at radius 1 is 1.09 bits per heavy atom. The van der Waals surface area contributed by atoms with Crippen molar-refractivity contribution in [2.24, 2.45) is 0 Å². The summed E-state index contributed by atoms with van der Waals surface area (Å²) in [6, 6.07) is 14.7. The second-order valence-corrected chi connectivity index (χ2v) is 5.35. The fraction of sp³-hybridized carbons (Fsp3) is 0.0588. The molecule has 0 bridgehead atoms. The Labute approximate surface area is 131 Å². The molecule has 0 saturated carbocycles. The van der Waals surface area contributed by atoms with Gasteiger partial charge in [0.15, 0.2) is 0 Å². The van der Waals surface area contributed by atoms with E-state index in [1.165, 1.54) is 16.8 Å². The highest BCUT2D eigenvalue weighted by molar-refractivity contribution is 6.30. The van der Waals surface area contributed by atoms with Crippen molar-refractivity contribution in [3.8, 4) is 16.9 Å². The Hall–Kier alpha value is -2.46. The highest BCUT2D eigenvalue weighted by Crippen LogP contribution is 2.20. The number of halogens is 2. The van der Waals surface area contributed by atoms with Crippen molar-refractivity contribution in [1.82, 2.24) is 9.78 Å². The quantitative estimate of drug-likeness (QED) is 0.716. The van der Waals surface area contributed by atoms with Crippen LogP contribution in [0.3, 0.4) is 0 Å². The molecule has 0 spiro atoms. The number of hydrogen-bond donors (Lipinski definition) is 0. The highest BCUT2D eigenvalue weighted by atomic mass is 35.5. The minimum atomic E-state index is -0.416. The normalized spacial score (nSPS) is 10.7. The molecule has 0 amide bonds. The number of benzene rings is 2. The van der Waals surface area contributed by atoms with Crippen LogP contribution >= 0.6 is 11.6 Å². The van der Waals surface area contributed by atoms with E-state index in [2.05, 4.69) is 5.10 Å². The third-order valence-electron chi connectivity index (χ3n) is 3.28. The van der Waals surface area contributed by atoms with Crippen molar-refractivity contribution in [1.29, 1.82) is 0 Å². The number of rotatable bonds is 2. The molecule has 1 heterocycles. The maximum Gasteiger partial charge on any atom is 0.274 e. The van der Waals surface area contributed by atoms with Crippen molar-refractivity contribution < 1.29 is 4.39 Å². The Morgan fingerprint density at radius 2 is 1.82 bits per heavy atom. The van der Waals surface area contributed by atoms with Gasteiger partial charge in [0.25, 0.3) is 5.56 Å². The van der Waals surface area contributed by atoms with Gasteiger partial charge in [0.1, 0.15) is 5.82 Å². The van der Waals surface area contributed by atoms with E-state index >= 15 is 0 Å². The van der Waals surface area contributed by atoms with Crippen LogP contribution in [-0.4, -0.2) is 9.78 Å². The summed E-state index contributed by atoms with van der Waals surface area (Å²) in [7, 11) is 0. The molecule has 0 fully saturated rings. The van der Waals surface area contributed by atoms with E-state index in [0.717, 1.165) is 5.56 Å². The van der Waals surface area contributed by atoms with Gasteiger partial charge in [-0.05, 0) is 43.3 Å². The molecular weight excluding hydrogens is 303 g/mol. The van der Waals surface area contributed by atoms with Crippen LogP contribution in [0.15, 0.2) is 59.4 Å². The Morgan fingerprint density at radius 3 is 2.50 bits per heavy atom. The predicted octanol–water partition coefficient (Wildman–Crippen LogP) is 4.00. The second kappa shape index (κ2) is 5.73. The van der Waals surface area contributed by atoms with E-state index in [1.54, 1.807) is 37.3 Å². The van der Waals surface area contributed by atoms with Crippen LogP contribution in [0.4, 0.5) is 4.39 Å². The lowest BCUT2D eigenvalue weighted by Gasteiger charge is -2.09. The summed E-state index contributed by atoms with van der Waals surface area (Å²) >= 11 is 5.88. The molecule has 0 saturated heterocycles. The Kier molecular flexibility index (Phi) is 3.77. The zero-order valence-electron chi connectivity index (χ0n) is 11.8. The molecule has 0 unspecified atom stereocenters. The molecule has 3 nitrogen and oxygen atoms in total. The minimum Gasteiger partial charge on any atom is -0.267 e. The molecule has 0 aliphatic rings.